The van der Waals surface area contributed by atoms with Crippen LogP contribution < -0.4 is 29.3 Å². The lowest BCUT2D eigenvalue weighted by Gasteiger charge is -2.23. The molecule has 1 N–H and O–H groups in total. The van der Waals surface area contributed by atoms with Crippen LogP contribution in [0, 0.1) is 13.8 Å². The van der Waals surface area contributed by atoms with Gasteiger partial charge in [-0.25, -0.2) is 4.98 Å². The van der Waals surface area contributed by atoms with E-state index in [-0.39, 0.29) is 24.0 Å². The van der Waals surface area contributed by atoms with Gasteiger partial charge in [-0.2, -0.15) is 0 Å². The molecule has 25 heavy (non-hydrogen) atoms. The van der Waals surface area contributed by atoms with Crippen LogP contribution in [-0.4, -0.2) is 35.0 Å². The molecule has 2 heterocycles. The standard InChI is InChI=1S/C20H27N4.HI/c1-15-9-6-7-10-17(15)13-21-18-11-8-12-23-19(14-24(3,4)5)16(2)22-20(18)23;/h6-12,21H,13-14H2,1-5H3;1H/q+1;/p-1. The van der Waals surface area contributed by atoms with E-state index >= 15 is 0 Å². The molecule has 4 nitrogen and oxygen atoms in total. The smallest absolute Gasteiger partial charge is 0.160 e. The predicted molar refractivity (Wildman–Crippen MR) is 100 cm³/mol. The fourth-order valence-corrected chi connectivity index (χ4v) is 3.01. The number of benzene rings is 1. The number of imidazole rings is 1. The molecule has 5 heteroatoms. The number of aromatic nitrogens is 2. The number of anilines is 1. The number of quaternary nitrogens is 1. The Hall–Kier alpha value is -1.60. The van der Waals surface area contributed by atoms with E-state index in [9.17, 15) is 0 Å². The molecule has 0 unspecified atom stereocenters. The molecule has 0 saturated carbocycles. The zero-order valence-corrected chi connectivity index (χ0v) is 17.8. The van der Waals surface area contributed by atoms with Crippen LogP contribution in [0.2, 0.25) is 0 Å². The molecule has 0 spiro atoms. The largest absolute Gasteiger partial charge is 1.00 e. The first kappa shape index (κ1) is 19.7. The first-order chi connectivity index (χ1) is 11.3. The van der Waals surface area contributed by atoms with Crippen LogP contribution >= 0.6 is 0 Å². The Bertz CT molecular complexity index is 862. The summed E-state index contributed by atoms with van der Waals surface area (Å²) in [4.78, 5) is 4.82. The monoisotopic (exact) mass is 450 g/mol. The van der Waals surface area contributed by atoms with Crippen molar-refractivity contribution >= 4 is 11.3 Å². The van der Waals surface area contributed by atoms with Gasteiger partial charge in [-0.1, -0.05) is 24.3 Å². The van der Waals surface area contributed by atoms with Crippen molar-refractivity contribution in [3.05, 3.63) is 65.1 Å². The Morgan fingerprint density at radius 3 is 2.44 bits per heavy atom. The normalized spacial score (nSPS) is 11.4. The van der Waals surface area contributed by atoms with E-state index < -0.39 is 0 Å². The Labute approximate surface area is 167 Å². The van der Waals surface area contributed by atoms with Crippen LogP contribution in [0.15, 0.2) is 42.6 Å². The zero-order chi connectivity index (χ0) is 17.3. The molecule has 0 radical (unpaired) electrons. The van der Waals surface area contributed by atoms with Crippen LogP contribution in [-0.2, 0) is 13.1 Å². The van der Waals surface area contributed by atoms with Gasteiger partial charge < -0.3 is 33.8 Å². The van der Waals surface area contributed by atoms with E-state index in [1.54, 1.807) is 0 Å². The van der Waals surface area contributed by atoms with Crippen molar-refractivity contribution in [1.29, 1.82) is 0 Å². The second kappa shape index (κ2) is 7.74. The van der Waals surface area contributed by atoms with E-state index in [4.69, 9.17) is 4.98 Å². The predicted octanol–water partition coefficient (Wildman–Crippen LogP) is 0.773. The van der Waals surface area contributed by atoms with Gasteiger partial charge in [-0.15, -0.1) is 0 Å². The summed E-state index contributed by atoms with van der Waals surface area (Å²) in [5.41, 5.74) is 7.09. The zero-order valence-electron chi connectivity index (χ0n) is 15.7. The fraction of sp³-hybridized carbons (Fsp3) is 0.350. The van der Waals surface area contributed by atoms with E-state index in [0.29, 0.717) is 0 Å². The van der Waals surface area contributed by atoms with Crippen molar-refractivity contribution in [1.82, 2.24) is 9.38 Å². The van der Waals surface area contributed by atoms with E-state index in [1.165, 1.54) is 16.8 Å². The van der Waals surface area contributed by atoms with Crippen LogP contribution in [0.1, 0.15) is 22.5 Å². The summed E-state index contributed by atoms with van der Waals surface area (Å²) in [6, 6.07) is 12.7. The molecule has 0 atom stereocenters. The van der Waals surface area contributed by atoms with Gasteiger partial charge in [0.1, 0.15) is 12.2 Å². The maximum atomic E-state index is 4.82. The number of halogens is 1. The summed E-state index contributed by atoms with van der Waals surface area (Å²) in [5.74, 6) is 0. The van der Waals surface area contributed by atoms with Gasteiger partial charge >= 0.3 is 0 Å². The number of rotatable bonds is 5. The minimum atomic E-state index is 0. The SMILES string of the molecule is Cc1ccccc1CNc1cccn2c(C[N+](C)(C)C)c(C)nc12.[I-]. The topological polar surface area (TPSA) is 29.3 Å². The third-order valence-electron chi connectivity index (χ3n) is 4.30. The highest BCUT2D eigenvalue weighted by Crippen LogP contribution is 2.22. The van der Waals surface area contributed by atoms with Gasteiger partial charge in [0.2, 0.25) is 0 Å². The van der Waals surface area contributed by atoms with Crippen LogP contribution in [0.5, 0.6) is 0 Å². The van der Waals surface area contributed by atoms with Crippen molar-refractivity contribution in [3.63, 3.8) is 0 Å². The molecule has 3 rings (SSSR count). The highest BCUT2D eigenvalue weighted by atomic mass is 127. The maximum Gasteiger partial charge on any atom is 0.160 e. The minimum absolute atomic E-state index is 0. The lowest BCUT2D eigenvalue weighted by atomic mass is 10.1. The first-order valence-corrected chi connectivity index (χ1v) is 8.40. The lowest BCUT2D eigenvalue weighted by Crippen LogP contribution is -3.00. The maximum absolute atomic E-state index is 4.82. The Kier molecular flexibility index (Phi) is 6.11. The minimum Gasteiger partial charge on any atom is -1.00 e. The summed E-state index contributed by atoms with van der Waals surface area (Å²) < 4.78 is 3.11. The fourth-order valence-electron chi connectivity index (χ4n) is 3.01. The van der Waals surface area contributed by atoms with Gasteiger partial charge in [0, 0.05) is 12.7 Å². The van der Waals surface area contributed by atoms with Crippen LogP contribution in [0.4, 0.5) is 5.69 Å². The molecule has 0 saturated heterocycles. The number of nitrogens with zero attached hydrogens (tertiary/aromatic N) is 3. The molecular formula is C20H27IN4. The quantitative estimate of drug-likeness (QED) is 0.460. The molecule has 0 aliphatic rings. The van der Waals surface area contributed by atoms with E-state index in [0.717, 1.165) is 34.6 Å². The summed E-state index contributed by atoms with van der Waals surface area (Å²) in [7, 11) is 6.62. The Morgan fingerprint density at radius 2 is 1.76 bits per heavy atom. The van der Waals surface area contributed by atoms with E-state index in [1.807, 2.05) is 0 Å². The second-order valence-corrected chi connectivity index (χ2v) is 7.49. The molecule has 0 bridgehead atoms. The highest BCUT2D eigenvalue weighted by Gasteiger charge is 2.17. The summed E-state index contributed by atoms with van der Waals surface area (Å²) >= 11 is 0. The first-order valence-electron chi connectivity index (χ1n) is 8.40. The summed E-state index contributed by atoms with van der Waals surface area (Å²) in [6.07, 6.45) is 2.11. The number of hydrogen-bond donors (Lipinski definition) is 1. The van der Waals surface area contributed by atoms with Crippen LogP contribution in [0.25, 0.3) is 5.65 Å². The Morgan fingerprint density at radius 1 is 1.04 bits per heavy atom. The van der Waals surface area contributed by atoms with Crippen LogP contribution in [0.3, 0.4) is 0 Å². The number of pyridine rings is 1. The molecule has 134 valence electrons. The van der Waals surface area contributed by atoms with E-state index in [2.05, 4.69) is 87.3 Å². The van der Waals surface area contributed by atoms with Crippen molar-refractivity contribution in [3.8, 4) is 0 Å². The number of nitrogens with one attached hydrogen (secondary N) is 1. The van der Waals surface area contributed by atoms with Gasteiger partial charge in [0.05, 0.1) is 32.5 Å². The summed E-state index contributed by atoms with van der Waals surface area (Å²) in [5, 5.41) is 3.56. The van der Waals surface area contributed by atoms with Crippen molar-refractivity contribution in [2.75, 3.05) is 26.5 Å². The molecule has 2 aromatic heterocycles. The second-order valence-electron chi connectivity index (χ2n) is 7.49. The van der Waals surface area contributed by atoms with Crippen molar-refractivity contribution in [2.24, 2.45) is 0 Å². The molecule has 0 aliphatic carbocycles. The van der Waals surface area contributed by atoms with Gasteiger partial charge in [0.25, 0.3) is 0 Å². The highest BCUT2D eigenvalue weighted by molar-refractivity contribution is 5.68. The third-order valence-corrected chi connectivity index (χ3v) is 4.30. The molecule has 0 amide bonds. The third kappa shape index (κ3) is 4.52. The number of fused-ring (bicyclic) bond motifs is 1. The van der Waals surface area contributed by atoms with Gasteiger partial charge in [0.15, 0.2) is 5.65 Å². The average Bonchev–Trinajstić information content (AvgIpc) is 2.82. The lowest BCUT2D eigenvalue weighted by molar-refractivity contribution is -0.884. The number of aryl methyl sites for hydroxylation is 2. The summed E-state index contributed by atoms with van der Waals surface area (Å²) in [6.45, 7) is 6.01. The molecule has 3 aromatic rings. The Balaban J connectivity index is 0.00000225. The molecule has 0 aliphatic heterocycles. The van der Waals surface area contributed by atoms with Crippen molar-refractivity contribution in [2.45, 2.75) is 26.9 Å². The number of hydrogen-bond acceptors (Lipinski definition) is 2. The average molecular weight is 450 g/mol. The van der Waals surface area contributed by atoms with Gasteiger partial charge in [-0.05, 0) is 37.1 Å². The molecule has 0 fully saturated rings. The molecule has 1 aromatic carbocycles. The van der Waals surface area contributed by atoms with Gasteiger partial charge in [-0.3, -0.25) is 4.40 Å². The van der Waals surface area contributed by atoms with Crippen molar-refractivity contribution < 1.29 is 28.5 Å². The molecular weight excluding hydrogens is 423 g/mol.